The van der Waals surface area contributed by atoms with Crippen molar-refractivity contribution in [3.8, 4) is 5.75 Å². The van der Waals surface area contributed by atoms with Gasteiger partial charge in [-0.05, 0) is 38.1 Å². The lowest BCUT2D eigenvalue weighted by Gasteiger charge is -2.14. The molecule has 32 heavy (non-hydrogen) atoms. The van der Waals surface area contributed by atoms with Crippen LogP contribution in [0.5, 0.6) is 5.75 Å². The van der Waals surface area contributed by atoms with Crippen LogP contribution in [-0.2, 0) is 19.1 Å². The van der Waals surface area contributed by atoms with E-state index in [0.717, 1.165) is 17.2 Å². The number of halogens is 1. The molecule has 10 nitrogen and oxygen atoms in total. The minimum absolute atomic E-state index is 0.0186. The number of hydrazine groups is 1. The maximum Gasteiger partial charge on any atom is 0.344 e. The van der Waals surface area contributed by atoms with Crippen molar-refractivity contribution in [1.82, 2.24) is 5.43 Å². The molecule has 1 N–H and O–H groups in total. The van der Waals surface area contributed by atoms with E-state index in [1.807, 2.05) is 0 Å². The Hall–Kier alpha value is -3.92. The number of benzene rings is 2. The zero-order chi connectivity index (χ0) is 23.4. The second-order valence-corrected chi connectivity index (χ2v) is 7.34. The van der Waals surface area contributed by atoms with Gasteiger partial charge in [0.15, 0.2) is 6.61 Å². The maximum atomic E-state index is 12.8. The summed E-state index contributed by atoms with van der Waals surface area (Å²) in [5, 5.41) is 12.6. The Morgan fingerprint density at radius 1 is 1.25 bits per heavy atom. The number of hydrogen-bond donors (Lipinski definition) is 1. The number of anilines is 1. The molecule has 0 atom stereocenters. The van der Waals surface area contributed by atoms with Crippen LogP contribution in [0.15, 0.2) is 48.0 Å². The summed E-state index contributed by atoms with van der Waals surface area (Å²) in [6.07, 6.45) is 0.722. The number of nitro groups is 1. The largest absolute Gasteiger partial charge is 0.474 e. The summed E-state index contributed by atoms with van der Waals surface area (Å²) >= 11 is 6.00. The number of nitrogens with one attached hydrogen (secondary N) is 1. The van der Waals surface area contributed by atoms with Gasteiger partial charge in [-0.2, -0.15) is 0 Å². The third-order valence-corrected chi connectivity index (χ3v) is 4.38. The summed E-state index contributed by atoms with van der Waals surface area (Å²) in [7, 11) is 0. The van der Waals surface area contributed by atoms with Gasteiger partial charge in [0, 0.05) is 16.7 Å². The Bertz CT molecular complexity index is 1120. The third kappa shape index (κ3) is 5.03. The van der Waals surface area contributed by atoms with Gasteiger partial charge >= 0.3 is 11.7 Å². The number of hydrogen-bond acceptors (Lipinski definition) is 7. The fraction of sp³-hybridized carbons (Fsp3) is 0.190. The Morgan fingerprint density at radius 2 is 1.94 bits per heavy atom. The molecule has 1 aliphatic rings. The molecule has 3 rings (SSSR count). The Morgan fingerprint density at radius 3 is 2.56 bits per heavy atom. The quantitative estimate of drug-likeness (QED) is 0.221. The number of esters is 1. The van der Waals surface area contributed by atoms with E-state index in [1.165, 1.54) is 6.07 Å². The van der Waals surface area contributed by atoms with E-state index in [4.69, 9.17) is 21.1 Å². The molecule has 0 aliphatic carbocycles. The summed E-state index contributed by atoms with van der Waals surface area (Å²) in [6.45, 7) is 2.66. The number of rotatable bonds is 7. The van der Waals surface area contributed by atoms with Crippen LogP contribution < -0.4 is 15.2 Å². The molecule has 2 amide bonds. The molecular weight excluding hydrogens is 442 g/mol. The molecule has 1 aliphatic heterocycles. The fourth-order valence-corrected chi connectivity index (χ4v) is 3.12. The number of carbonyl (C=O) groups excluding carboxylic acids is 3. The Labute approximate surface area is 187 Å². The van der Waals surface area contributed by atoms with Crippen LogP contribution in [0.1, 0.15) is 19.4 Å². The average Bonchev–Trinajstić information content (AvgIpc) is 3.01. The van der Waals surface area contributed by atoms with Crippen molar-refractivity contribution in [2.45, 2.75) is 20.0 Å². The zero-order valence-corrected chi connectivity index (χ0v) is 17.8. The van der Waals surface area contributed by atoms with E-state index in [0.29, 0.717) is 5.69 Å². The molecule has 1 saturated heterocycles. The minimum Gasteiger partial charge on any atom is -0.474 e. The standard InChI is InChI=1S/C21H18ClN3O7/c1-12(2)32-18(26)11-31-19-13(8-14(22)10-17(19)25(29)30)9-16-20(27)23-24(21(16)28)15-6-4-3-5-7-15/h3-10,12H,11H2,1-2H3,(H,23,27)/b16-9-. The summed E-state index contributed by atoms with van der Waals surface area (Å²) in [4.78, 5) is 47.9. The smallest absolute Gasteiger partial charge is 0.344 e. The van der Waals surface area contributed by atoms with Crippen LogP contribution in [0.25, 0.3) is 6.08 Å². The van der Waals surface area contributed by atoms with E-state index in [1.54, 1.807) is 44.2 Å². The van der Waals surface area contributed by atoms with Crippen LogP contribution in [0.4, 0.5) is 11.4 Å². The predicted molar refractivity (Wildman–Crippen MR) is 115 cm³/mol. The number of carbonyl (C=O) groups is 3. The molecule has 0 aromatic heterocycles. The molecule has 0 bridgehead atoms. The van der Waals surface area contributed by atoms with Crippen LogP contribution >= 0.6 is 11.6 Å². The molecule has 1 fully saturated rings. The molecule has 0 spiro atoms. The molecule has 0 unspecified atom stereocenters. The summed E-state index contributed by atoms with van der Waals surface area (Å²) < 4.78 is 10.3. The topological polar surface area (TPSA) is 128 Å². The van der Waals surface area contributed by atoms with Gasteiger partial charge in [0.05, 0.1) is 16.7 Å². The molecule has 11 heteroatoms. The van der Waals surface area contributed by atoms with E-state index in [9.17, 15) is 24.5 Å². The SMILES string of the molecule is CC(C)OC(=O)COc1c(/C=C2/C(=O)NN(c3ccccc3)C2=O)cc(Cl)cc1[N+](=O)[O-]. The highest BCUT2D eigenvalue weighted by atomic mass is 35.5. The van der Waals surface area contributed by atoms with Gasteiger partial charge in [-0.3, -0.25) is 25.1 Å². The minimum atomic E-state index is -0.746. The predicted octanol–water partition coefficient (Wildman–Crippen LogP) is 3.04. The Balaban J connectivity index is 2.00. The highest BCUT2D eigenvalue weighted by Crippen LogP contribution is 2.36. The number of nitro benzene ring substituents is 1. The van der Waals surface area contributed by atoms with Gasteiger partial charge in [0.25, 0.3) is 11.8 Å². The van der Waals surface area contributed by atoms with Crippen molar-refractivity contribution in [1.29, 1.82) is 0 Å². The van der Waals surface area contributed by atoms with Crippen LogP contribution in [-0.4, -0.2) is 35.4 Å². The van der Waals surface area contributed by atoms with Crippen molar-refractivity contribution >= 4 is 46.8 Å². The third-order valence-electron chi connectivity index (χ3n) is 4.17. The molecule has 1 heterocycles. The molecular formula is C21H18ClN3O7. The van der Waals surface area contributed by atoms with Gasteiger partial charge in [0.2, 0.25) is 5.75 Å². The van der Waals surface area contributed by atoms with E-state index >= 15 is 0 Å². The first-order valence-electron chi connectivity index (χ1n) is 9.39. The lowest BCUT2D eigenvalue weighted by atomic mass is 10.1. The summed E-state index contributed by atoms with van der Waals surface area (Å²) in [5.41, 5.74) is 2.01. The molecule has 0 radical (unpaired) electrons. The van der Waals surface area contributed by atoms with Crippen molar-refractivity contribution in [3.05, 3.63) is 68.7 Å². The number of ether oxygens (including phenoxy) is 2. The maximum absolute atomic E-state index is 12.8. The number of amides is 2. The average molecular weight is 460 g/mol. The second-order valence-electron chi connectivity index (χ2n) is 6.90. The lowest BCUT2D eigenvalue weighted by molar-refractivity contribution is -0.385. The first-order valence-corrected chi connectivity index (χ1v) is 9.77. The lowest BCUT2D eigenvalue weighted by Crippen LogP contribution is -2.35. The molecule has 2 aromatic rings. The van der Waals surface area contributed by atoms with Crippen molar-refractivity contribution in [2.75, 3.05) is 11.6 Å². The first-order chi connectivity index (χ1) is 15.2. The number of para-hydroxylation sites is 1. The van der Waals surface area contributed by atoms with Gasteiger partial charge in [0.1, 0.15) is 5.57 Å². The van der Waals surface area contributed by atoms with E-state index in [2.05, 4.69) is 5.43 Å². The monoisotopic (exact) mass is 459 g/mol. The van der Waals surface area contributed by atoms with Gasteiger partial charge in [-0.25, -0.2) is 9.80 Å². The highest BCUT2D eigenvalue weighted by molar-refractivity contribution is 6.32. The summed E-state index contributed by atoms with van der Waals surface area (Å²) in [5.74, 6) is -2.46. The van der Waals surface area contributed by atoms with Crippen molar-refractivity contribution in [3.63, 3.8) is 0 Å². The van der Waals surface area contributed by atoms with Crippen LogP contribution in [0.2, 0.25) is 5.02 Å². The molecule has 2 aromatic carbocycles. The van der Waals surface area contributed by atoms with Gasteiger partial charge in [-0.1, -0.05) is 29.8 Å². The first kappa shape index (κ1) is 22.8. The highest BCUT2D eigenvalue weighted by Gasteiger charge is 2.35. The molecule has 166 valence electrons. The van der Waals surface area contributed by atoms with E-state index < -0.39 is 41.1 Å². The Kier molecular flexibility index (Phi) is 6.74. The van der Waals surface area contributed by atoms with Crippen molar-refractivity contribution < 1.29 is 28.8 Å². The number of nitrogens with zero attached hydrogens (tertiary/aromatic N) is 2. The van der Waals surface area contributed by atoms with Crippen molar-refractivity contribution in [2.24, 2.45) is 0 Å². The normalized spacial score (nSPS) is 14.6. The zero-order valence-electron chi connectivity index (χ0n) is 17.0. The van der Waals surface area contributed by atoms with E-state index in [-0.39, 0.29) is 21.9 Å². The second kappa shape index (κ2) is 9.48. The van der Waals surface area contributed by atoms with Crippen LogP contribution in [0, 0.1) is 10.1 Å². The fourth-order valence-electron chi connectivity index (χ4n) is 2.90. The van der Waals surface area contributed by atoms with Gasteiger partial charge in [-0.15, -0.1) is 0 Å². The summed E-state index contributed by atoms with van der Waals surface area (Å²) in [6, 6.07) is 10.7. The van der Waals surface area contributed by atoms with Crippen LogP contribution in [0.3, 0.4) is 0 Å². The molecule has 0 saturated carbocycles. The van der Waals surface area contributed by atoms with Gasteiger partial charge < -0.3 is 9.47 Å².